The van der Waals surface area contributed by atoms with Gasteiger partial charge in [0.15, 0.2) is 5.69 Å². The Hall–Kier alpha value is -1.66. The lowest BCUT2D eigenvalue weighted by molar-refractivity contribution is -0.145. The summed E-state index contributed by atoms with van der Waals surface area (Å²) in [6, 6.07) is 1.06. The van der Waals surface area contributed by atoms with Crippen LogP contribution in [0.1, 0.15) is 35.4 Å². The highest BCUT2D eigenvalue weighted by atomic mass is 19.4. The van der Waals surface area contributed by atoms with E-state index in [1.54, 1.807) is 6.92 Å². The van der Waals surface area contributed by atoms with Crippen LogP contribution in [0.15, 0.2) is 6.07 Å². The van der Waals surface area contributed by atoms with Crippen molar-refractivity contribution in [2.24, 2.45) is 0 Å². The summed E-state index contributed by atoms with van der Waals surface area (Å²) in [6.45, 7) is 1.76. The van der Waals surface area contributed by atoms with Gasteiger partial charge in [0.05, 0.1) is 0 Å². The lowest BCUT2D eigenvalue weighted by Gasteiger charge is -2.07. The standard InChI is InChI=1S/C9H9F3N2O2/c1-2-3-5-4-6(7(15)16)14-8(13-5)9(10,11)12/h4H,2-3H2,1H3,(H,15,16). The average molecular weight is 234 g/mol. The Kier molecular flexibility index (Phi) is 3.46. The zero-order valence-electron chi connectivity index (χ0n) is 8.38. The predicted molar refractivity (Wildman–Crippen MR) is 48.0 cm³/mol. The number of halogens is 3. The molecule has 0 aliphatic heterocycles. The number of carbonyl (C=O) groups is 1. The Morgan fingerprint density at radius 2 is 2.06 bits per heavy atom. The molecule has 1 N–H and O–H groups in total. The van der Waals surface area contributed by atoms with E-state index in [-0.39, 0.29) is 12.1 Å². The molecule has 0 aliphatic rings. The summed E-state index contributed by atoms with van der Waals surface area (Å²) in [4.78, 5) is 16.8. The van der Waals surface area contributed by atoms with Gasteiger partial charge in [0.2, 0.25) is 5.82 Å². The van der Waals surface area contributed by atoms with Gasteiger partial charge in [-0.15, -0.1) is 0 Å². The Labute approximate surface area is 89.1 Å². The molecule has 1 rings (SSSR count). The molecule has 0 amide bonds. The molecule has 0 fully saturated rings. The number of rotatable bonds is 3. The minimum Gasteiger partial charge on any atom is -0.477 e. The summed E-state index contributed by atoms with van der Waals surface area (Å²) in [6.07, 6.45) is -3.87. The maximum absolute atomic E-state index is 12.3. The third-order valence-electron chi connectivity index (χ3n) is 1.76. The summed E-state index contributed by atoms with van der Waals surface area (Å²) >= 11 is 0. The van der Waals surface area contributed by atoms with Gasteiger partial charge in [-0.1, -0.05) is 13.3 Å². The molecule has 1 heterocycles. The SMILES string of the molecule is CCCc1cc(C(=O)O)nc(C(F)(F)F)n1. The number of hydrogen-bond donors (Lipinski definition) is 1. The van der Waals surface area contributed by atoms with E-state index < -0.39 is 23.7 Å². The van der Waals surface area contributed by atoms with Crippen LogP contribution in [0.4, 0.5) is 13.2 Å². The molecule has 0 bridgehead atoms. The van der Waals surface area contributed by atoms with Crippen molar-refractivity contribution in [3.05, 3.63) is 23.3 Å². The van der Waals surface area contributed by atoms with Crippen LogP contribution >= 0.6 is 0 Å². The van der Waals surface area contributed by atoms with Crippen molar-refractivity contribution in [1.29, 1.82) is 0 Å². The smallest absolute Gasteiger partial charge is 0.451 e. The van der Waals surface area contributed by atoms with Crippen LogP contribution in [-0.4, -0.2) is 21.0 Å². The van der Waals surface area contributed by atoms with E-state index in [2.05, 4.69) is 9.97 Å². The molecule has 88 valence electrons. The Bertz CT molecular complexity index is 404. The third kappa shape index (κ3) is 2.91. The van der Waals surface area contributed by atoms with Crippen LogP contribution in [0, 0.1) is 0 Å². The molecular formula is C9H9F3N2O2. The fourth-order valence-electron chi connectivity index (χ4n) is 1.12. The number of hydrogen-bond acceptors (Lipinski definition) is 3. The monoisotopic (exact) mass is 234 g/mol. The molecule has 0 aliphatic carbocycles. The largest absolute Gasteiger partial charge is 0.477 e. The van der Waals surface area contributed by atoms with Crippen molar-refractivity contribution < 1.29 is 23.1 Å². The summed E-state index contributed by atoms with van der Waals surface area (Å²) in [5.41, 5.74) is -0.548. The molecule has 0 spiro atoms. The fourth-order valence-corrected chi connectivity index (χ4v) is 1.12. The number of aryl methyl sites for hydroxylation is 1. The first-order valence-electron chi connectivity index (χ1n) is 4.53. The van der Waals surface area contributed by atoms with E-state index >= 15 is 0 Å². The quantitative estimate of drug-likeness (QED) is 0.870. The first-order chi connectivity index (χ1) is 7.34. The van der Waals surface area contributed by atoms with Crippen LogP contribution in [0.25, 0.3) is 0 Å². The van der Waals surface area contributed by atoms with Crippen molar-refractivity contribution >= 4 is 5.97 Å². The Morgan fingerprint density at radius 1 is 1.44 bits per heavy atom. The van der Waals surface area contributed by atoms with Crippen LogP contribution in [-0.2, 0) is 12.6 Å². The van der Waals surface area contributed by atoms with Crippen LogP contribution in [0.3, 0.4) is 0 Å². The second kappa shape index (κ2) is 4.46. The number of nitrogens with zero attached hydrogens (tertiary/aromatic N) is 2. The second-order valence-electron chi connectivity index (χ2n) is 3.12. The van der Waals surface area contributed by atoms with Crippen molar-refractivity contribution in [3.8, 4) is 0 Å². The van der Waals surface area contributed by atoms with Crippen molar-refractivity contribution in [3.63, 3.8) is 0 Å². The third-order valence-corrected chi connectivity index (χ3v) is 1.76. The van der Waals surface area contributed by atoms with Gasteiger partial charge in [-0.25, -0.2) is 14.8 Å². The van der Waals surface area contributed by atoms with Gasteiger partial charge in [0.25, 0.3) is 0 Å². The van der Waals surface area contributed by atoms with Gasteiger partial charge in [-0.3, -0.25) is 0 Å². The van der Waals surface area contributed by atoms with E-state index in [9.17, 15) is 18.0 Å². The van der Waals surface area contributed by atoms with Crippen molar-refractivity contribution in [1.82, 2.24) is 9.97 Å². The molecule has 4 nitrogen and oxygen atoms in total. The van der Waals surface area contributed by atoms with Crippen LogP contribution in [0.5, 0.6) is 0 Å². The molecule has 0 unspecified atom stereocenters. The van der Waals surface area contributed by atoms with E-state index in [1.165, 1.54) is 0 Å². The number of carboxylic acids is 1. The van der Waals surface area contributed by atoms with E-state index in [1.807, 2.05) is 0 Å². The summed E-state index contributed by atoms with van der Waals surface area (Å²) < 4.78 is 37.0. The molecular weight excluding hydrogens is 225 g/mol. The number of aromatic nitrogens is 2. The van der Waals surface area contributed by atoms with E-state index in [0.29, 0.717) is 6.42 Å². The summed E-state index contributed by atoms with van der Waals surface area (Å²) in [7, 11) is 0. The molecule has 0 aromatic carbocycles. The zero-order valence-corrected chi connectivity index (χ0v) is 8.38. The lowest BCUT2D eigenvalue weighted by Crippen LogP contribution is -2.16. The van der Waals surface area contributed by atoms with E-state index in [4.69, 9.17) is 5.11 Å². The van der Waals surface area contributed by atoms with Gasteiger partial charge in [-0.05, 0) is 12.5 Å². The Balaban J connectivity index is 3.24. The van der Waals surface area contributed by atoms with Crippen molar-refractivity contribution in [2.75, 3.05) is 0 Å². The van der Waals surface area contributed by atoms with Gasteiger partial charge in [0.1, 0.15) is 0 Å². The summed E-state index contributed by atoms with van der Waals surface area (Å²) in [5, 5.41) is 8.61. The molecule has 0 saturated carbocycles. The normalized spacial score (nSPS) is 11.5. The van der Waals surface area contributed by atoms with Gasteiger partial charge >= 0.3 is 12.1 Å². The Morgan fingerprint density at radius 3 is 2.50 bits per heavy atom. The minimum absolute atomic E-state index is 0.0854. The zero-order chi connectivity index (χ0) is 12.3. The lowest BCUT2D eigenvalue weighted by atomic mass is 10.2. The van der Waals surface area contributed by atoms with Gasteiger partial charge in [0, 0.05) is 5.69 Å². The highest BCUT2D eigenvalue weighted by molar-refractivity contribution is 5.85. The maximum atomic E-state index is 12.3. The number of carboxylic acid groups (broad SMARTS) is 1. The molecule has 0 radical (unpaired) electrons. The highest BCUT2D eigenvalue weighted by Crippen LogP contribution is 2.26. The average Bonchev–Trinajstić information content (AvgIpc) is 2.16. The first kappa shape index (κ1) is 12.4. The van der Waals surface area contributed by atoms with Gasteiger partial charge in [-0.2, -0.15) is 13.2 Å². The summed E-state index contributed by atoms with van der Waals surface area (Å²) in [5.74, 6) is -2.90. The maximum Gasteiger partial charge on any atom is 0.451 e. The second-order valence-corrected chi connectivity index (χ2v) is 3.12. The number of alkyl halides is 3. The predicted octanol–water partition coefficient (Wildman–Crippen LogP) is 2.15. The molecule has 7 heteroatoms. The fraction of sp³-hybridized carbons (Fsp3) is 0.444. The van der Waals surface area contributed by atoms with Crippen LogP contribution < -0.4 is 0 Å². The number of aromatic carboxylic acids is 1. The highest BCUT2D eigenvalue weighted by Gasteiger charge is 2.35. The topological polar surface area (TPSA) is 63.1 Å². The van der Waals surface area contributed by atoms with E-state index in [0.717, 1.165) is 6.07 Å². The molecule has 0 atom stereocenters. The van der Waals surface area contributed by atoms with Crippen LogP contribution in [0.2, 0.25) is 0 Å². The van der Waals surface area contributed by atoms with Crippen molar-refractivity contribution in [2.45, 2.75) is 25.9 Å². The van der Waals surface area contributed by atoms with Gasteiger partial charge < -0.3 is 5.11 Å². The molecule has 16 heavy (non-hydrogen) atoms. The molecule has 1 aromatic rings. The molecule has 1 aromatic heterocycles. The first-order valence-corrected chi connectivity index (χ1v) is 4.53. The minimum atomic E-state index is -4.73. The molecule has 0 saturated heterocycles.